The second kappa shape index (κ2) is 13.6. The number of carbonyl (C=O) groups excluding carboxylic acids is 2. The van der Waals surface area contributed by atoms with Gasteiger partial charge < -0.3 is 20.3 Å². The Morgan fingerprint density at radius 2 is 1.81 bits per heavy atom. The number of piperidine rings is 1. The molecule has 7 nitrogen and oxygen atoms in total. The predicted octanol–water partition coefficient (Wildman–Crippen LogP) is 2.77. The summed E-state index contributed by atoms with van der Waals surface area (Å²) in [6, 6.07) is 0. The van der Waals surface area contributed by atoms with E-state index in [9.17, 15) is 9.59 Å². The topological polar surface area (TPSA) is 78.5 Å². The van der Waals surface area contributed by atoms with E-state index in [1.165, 1.54) is 31.4 Å². The summed E-state index contributed by atoms with van der Waals surface area (Å²) in [6.45, 7) is 12.4. The Kier molecular flexibility index (Phi) is 10.5. The van der Waals surface area contributed by atoms with Crippen LogP contribution in [0.25, 0.3) is 0 Å². The minimum atomic E-state index is -0.0215. The summed E-state index contributed by atoms with van der Waals surface area (Å²) in [6.07, 6.45) is 12.8. The normalized spacial score (nSPS) is 33.8. The minimum Gasteiger partial charge on any atom is -0.381 e. The molecule has 2 aliphatic heterocycles. The Labute approximate surface area is 225 Å². The van der Waals surface area contributed by atoms with Crippen molar-refractivity contribution in [2.24, 2.45) is 29.6 Å². The molecule has 4 rings (SSSR count). The summed E-state index contributed by atoms with van der Waals surface area (Å²) in [5, 5.41) is 5.78. The molecule has 37 heavy (non-hydrogen) atoms. The minimum absolute atomic E-state index is 0.0215. The molecule has 2 heterocycles. The zero-order valence-corrected chi connectivity index (χ0v) is 23.9. The van der Waals surface area contributed by atoms with E-state index < -0.39 is 0 Å². The summed E-state index contributed by atoms with van der Waals surface area (Å²) >= 11 is 0. The second-order valence-corrected chi connectivity index (χ2v) is 12.5. The van der Waals surface area contributed by atoms with Crippen molar-refractivity contribution in [1.29, 1.82) is 0 Å². The first-order valence-corrected chi connectivity index (χ1v) is 15.2. The molecule has 0 aromatic heterocycles. The highest BCUT2D eigenvalue weighted by Crippen LogP contribution is 2.39. The molecule has 2 aliphatic carbocycles. The lowest BCUT2D eigenvalue weighted by Gasteiger charge is -2.40. The van der Waals surface area contributed by atoms with Gasteiger partial charge in [-0.05, 0) is 62.7 Å². The molecule has 2 saturated heterocycles. The SMILES string of the molecule is COC1CCCCC1C(=O)NC[C@@H]1C=C(C)[C@H](CC(=O)N2CCN(C3CCCC[NH2+]3)CC2)C[C@H]1C(C)C. The molecular weight excluding hydrogens is 464 g/mol. The molecule has 3 unspecified atom stereocenters. The molecular formula is C30H53N4O3+. The van der Waals surface area contributed by atoms with Gasteiger partial charge in [-0.25, -0.2) is 0 Å². The third-order valence-electron chi connectivity index (χ3n) is 9.89. The van der Waals surface area contributed by atoms with Gasteiger partial charge in [-0.1, -0.05) is 38.3 Å². The first-order valence-electron chi connectivity index (χ1n) is 15.2. The summed E-state index contributed by atoms with van der Waals surface area (Å²) in [5.41, 5.74) is 1.33. The number of ether oxygens (including phenoxy) is 1. The van der Waals surface area contributed by atoms with Gasteiger partial charge in [-0.15, -0.1) is 0 Å². The standard InChI is InChI=1S/C30H52N4O3/c1-21(2)26-18-23(19-29(35)34-15-13-33(14-16-34)28-11-7-8-12-31-28)22(3)17-24(26)20-32-30(36)25-9-5-6-10-27(25)37-4/h17,21,23-28,31H,5-16,18-20H2,1-4H3,(H,32,36)/p+1/t23-,24-,25?,26-,27?,28?/m0/s1. The van der Waals surface area contributed by atoms with Crippen LogP contribution in [0.15, 0.2) is 11.6 Å². The number of amides is 2. The largest absolute Gasteiger partial charge is 0.381 e. The lowest BCUT2D eigenvalue weighted by molar-refractivity contribution is -0.717. The number of piperazine rings is 1. The highest BCUT2D eigenvalue weighted by Gasteiger charge is 2.36. The molecule has 6 atom stereocenters. The van der Waals surface area contributed by atoms with Crippen LogP contribution < -0.4 is 10.6 Å². The number of quaternary nitrogens is 1. The van der Waals surface area contributed by atoms with E-state index in [4.69, 9.17) is 4.74 Å². The molecule has 0 bridgehead atoms. The van der Waals surface area contributed by atoms with E-state index in [0.717, 1.165) is 58.3 Å². The number of carbonyl (C=O) groups is 2. The summed E-state index contributed by atoms with van der Waals surface area (Å²) in [5.74, 6) is 2.09. The molecule has 2 amide bonds. The molecule has 4 aliphatic rings. The lowest BCUT2D eigenvalue weighted by Crippen LogP contribution is -2.95. The van der Waals surface area contributed by atoms with Crippen LogP contribution in [0, 0.1) is 29.6 Å². The molecule has 210 valence electrons. The van der Waals surface area contributed by atoms with Crippen LogP contribution in [0.3, 0.4) is 0 Å². The van der Waals surface area contributed by atoms with E-state index >= 15 is 0 Å². The van der Waals surface area contributed by atoms with Crippen molar-refractivity contribution in [3.8, 4) is 0 Å². The van der Waals surface area contributed by atoms with Crippen molar-refractivity contribution in [3.05, 3.63) is 11.6 Å². The Bertz CT molecular complexity index is 786. The molecule has 7 heteroatoms. The van der Waals surface area contributed by atoms with Crippen molar-refractivity contribution < 1.29 is 19.6 Å². The van der Waals surface area contributed by atoms with Gasteiger partial charge in [0.1, 0.15) is 6.17 Å². The maximum absolute atomic E-state index is 13.3. The zero-order chi connectivity index (χ0) is 26.4. The fraction of sp³-hybridized carbons (Fsp3) is 0.867. The van der Waals surface area contributed by atoms with Crippen molar-refractivity contribution in [3.63, 3.8) is 0 Å². The Hall–Kier alpha value is -1.44. The maximum atomic E-state index is 13.3. The molecule has 0 radical (unpaired) electrons. The fourth-order valence-electron chi connectivity index (χ4n) is 7.44. The number of hydrogen-bond donors (Lipinski definition) is 2. The van der Waals surface area contributed by atoms with Crippen LogP contribution in [0.2, 0.25) is 0 Å². The van der Waals surface area contributed by atoms with Gasteiger partial charge in [-0.2, -0.15) is 0 Å². The van der Waals surface area contributed by atoms with Gasteiger partial charge in [0, 0.05) is 52.7 Å². The smallest absolute Gasteiger partial charge is 0.225 e. The average molecular weight is 518 g/mol. The third kappa shape index (κ3) is 7.36. The highest BCUT2D eigenvalue weighted by molar-refractivity contribution is 5.79. The number of nitrogens with two attached hydrogens (primary N) is 1. The van der Waals surface area contributed by atoms with Crippen molar-refractivity contribution in [2.75, 3.05) is 46.4 Å². The number of nitrogens with one attached hydrogen (secondary N) is 1. The van der Waals surface area contributed by atoms with Gasteiger partial charge in [0.15, 0.2) is 0 Å². The van der Waals surface area contributed by atoms with Crippen LogP contribution in [0.1, 0.15) is 78.6 Å². The monoisotopic (exact) mass is 517 g/mol. The van der Waals surface area contributed by atoms with Gasteiger partial charge in [-0.3, -0.25) is 14.5 Å². The fourth-order valence-corrected chi connectivity index (χ4v) is 7.44. The van der Waals surface area contributed by atoms with E-state index in [-0.39, 0.29) is 17.9 Å². The number of nitrogens with zero attached hydrogens (tertiary/aromatic N) is 2. The predicted molar refractivity (Wildman–Crippen MR) is 147 cm³/mol. The lowest BCUT2D eigenvalue weighted by atomic mass is 9.69. The van der Waals surface area contributed by atoms with E-state index in [2.05, 4.69) is 47.3 Å². The number of allylic oxidation sites excluding steroid dienone is 1. The summed E-state index contributed by atoms with van der Waals surface area (Å²) < 4.78 is 5.62. The van der Waals surface area contributed by atoms with Gasteiger partial charge in [0.05, 0.1) is 18.6 Å². The van der Waals surface area contributed by atoms with E-state index in [0.29, 0.717) is 48.7 Å². The van der Waals surface area contributed by atoms with Crippen LogP contribution in [0.4, 0.5) is 0 Å². The Morgan fingerprint density at radius 1 is 1.08 bits per heavy atom. The van der Waals surface area contributed by atoms with Crippen LogP contribution >= 0.6 is 0 Å². The van der Waals surface area contributed by atoms with E-state index in [1.807, 2.05) is 0 Å². The van der Waals surface area contributed by atoms with E-state index in [1.54, 1.807) is 7.11 Å². The molecule has 1 saturated carbocycles. The zero-order valence-electron chi connectivity index (χ0n) is 23.9. The number of rotatable bonds is 8. The highest BCUT2D eigenvalue weighted by atomic mass is 16.5. The van der Waals surface area contributed by atoms with Crippen molar-refractivity contribution >= 4 is 11.8 Å². The van der Waals surface area contributed by atoms with Gasteiger partial charge >= 0.3 is 0 Å². The van der Waals surface area contributed by atoms with Crippen molar-refractivity contribution in [1.82, 2.24) is 15.1 Å². The quantitative estimate of drug-likeness (QED) is 0.486. The summed E-state index contributed by atoms with van der Waals surface area (Å²) in [7, 11) is 1.73. The molecule has 0 spiro atoms. The number of methoxy groups -OCH3 is 1. The number of hydrogen-bond acceptors (Lipinski definition) is 4. The average Bonchev–Trinajstić information content (AvgIpc) is 2.93. The molecule has 0 aromatic carbocycles. The Balaban J connectivity index is 1.29. The maximum Gasteiger partial charge on any atom is 0.225 e. The first-order chi connectivity index (χ1) is 17.9. The molecule has 3 fully saturated rings. The van der Waals surface area contributed by atoms with Crippen LogP contribution in [-0.2, 0) is 14.3 Å². The third-order valence-corrected chi connectivity index (χ3v) is 9.89. The van der Waals surface area contributed by atoms with Gasteiger partial charge in [0.25, 0.3) is 0 Å². The molecule has 0 aromatic rings. The van der Waals surface area contributed by atoms with Gasteiger partial charge in [0.2, 0.25) is 11.8 Å². The Morgan fingerprint density at radius 3 is 2.49 bits per heavy atom. The first kappa shape index (κ1) is 28.6. The second-order valence-electron chi connectivity index (χ2n) is 12.5. The summed E-state index contributed by atoms with van der Waals surface area (Å²) in [4.78, 5) is 31.0. The van der Waals surface area contributed by atoms with Crippen LogP contribution in [0.5, 0.6) is 0 Å². The van der Waals surface area contributed by atoms with Crippen molar-refractivity contribution in [2.45, 2.75) is 90.8 Å². The molecule has 3 N–H and O–H groups in total. The van der Waals surface area contributed by atoms with Crippen LogP contribution in [-0.4, -0.2) is 80.3 Å².